The van der Waals surface area contributed by atoms with Gasteiger partial charge in [-0.15, -0.1) is 0 Å². The van der Waals surface area contributed by atoms with E-state index in [-0.39, 0.29) is 25.4 Å². The van der Waals surface area contributed by atoms with Crippen LogP contribution < -0.4 is 10.1 Å². The summed E-state index contributed by atoms with van der Waals surface area (Å²) in [5, 5.41) is 2.65. The van der Waals surface area contributed by atoms with Gasteiger partial charge < -0.3 is 19.5 Å². The molecule has 1 aromatic carbocycles. The van der Waals surface area contributed by atoms with Crippen LogP contribution in [0.2, 0.25) is 0 Å². The molecule has 126 valence electrons. The van der Waals surface area contributed by atoms with Crippen LogP contribution in [-0.4, -0.2) is 37.7 Å². The molecule has 7 heteroatoms. The first-order valence-electron chi connectivity index (χ1n) is 7.39. The van der Waals surface area contributed by atoms with E-state index < -0.39 is 11.9 Å². The van der Waals surface area contributed by atoms with Crippen LogP contribution in [0.15, 0.2) is 24.3 Å². The molecule has 0 aliphatic heterocycles. The number of amides is 1. The maximum Gasteiger partial charge on any atom is 0.344 e. The van der Waals surface area contributed by atoms with Crippen molar-refractivity contribution in [1.29, 1.82) is 0 Å². The van der Waals surface area contributed by atoms with Crippen LogP contribution in [0.5, 0.6) is 5.75 Å². The molecule has 23 heavy (non-hydrogen) atoms. The maximum atomic E-state index is 11.7. The molecule has 1 aromatic rings. The summed E-state index contributed by atoms with van der Waals surface area (Å²) >= 11 is 0. The fourth-order valence-electron chi connectivity index (χ4n) is 1.68. The van der Waals surface area contributed by atoms with Crippen LogP contribution in [0.25, 0.3) is 0 Å². The van der Waals surface area contributed by atoms with E-state index in [0.29, 0.717) is 24.7 Å². The average Bonchev–Trinajstić information content (AvgIpc) is 2.52. The molecule has 0 aromatic heterocycles. The number of anilines is 1. The van der Waals surface area contributed by atoms with Gasteiger partial charge in [-0.2, -0.15) is 0 Å². The van der Waals surface area contributed by atoms with Gasteiger partial charge in [-0.25, -0.2) is 4.79 Å². The van der Waals surface area contributed by atoms with Crippen molar-refractivity contribution in [2.75, 3.05) is 25.1 Å². The average molecular weight is 323 g/mol. The highest BCUT2D eigenvalue weighted by Gasteiger charge is 2.09. The van der Waals surface area contributed by atoms with Gasteiger partial charge in [-0.05, 0) is 26.0 Å². The summed E-state index contributed by atoms with van der Waals surface area (Å²) in [6, 6.07) is 6.61. The number of hydrogen-bond donors (Lipinski definition) is 1. The number of carbonyl (C=O) groups excluding carboxylic acids is 3. The van der Waals surface area contributed by atoms with E-state index in [1.807, 2.05) is 0 Å². The molecule has 0 unspecified atom stereocenters. The number of rotatable bonds is 9. The predicted octanol–water partition coefficient (Wildman–Crippen LogP) is 1.91. The van der Waals surface area contributed by atoms with Gasteiger partial charge in [0.05, 0.1) is 19.6 Å². The summed E-state index contributed by atoms with van der Waals surface area (Å²) in [5.41, 5.74) is 0.514. The second-order valence-corrected chi connectivity index (χ2v) is 4.47. The summed E-state index contributed by atoms with van der Waals surface area (Å²) in [7, 11) is 0. The number of carbonyl (C=O) groups is 3. The zero-order valence-electron chi connectivity index (χ0n) is 13.3. The smallest absolute Gasteiger partial charge is 0.344 e. The lowest BCUT2D eigenvalue weighted by Crippen LogP contribution is -2.15. The highest BCUT2D eigenvalue weighted by Crippen LogP contribution is 2.17. The Morgan fingerprint density at radius 3 is 2.39 bits per heavy atom. The van der Waals surface area contributed by atoms with Gasteiger partial charge in [-0.1, -0.05) is 6.07 Å². The number of nitrogens with one attached hydrogen (secondary N) is 1. The van der Waals surface area contributed by atoms with Crippen LogP contribution in [0, 0.1) is 0 Å². The van der Waals surface area contributed by atoms with E-state index in [0.717, 1.165) is 0 Å². The third-order valence-electron chi connectivity index (χ3n) is 2.64. The first kappa shape index (κ1) is 18.5. The van der Waals surface area contributed by atoms with Crippen molar-refractivity contribution in [1.82, 2.24) is 0 Å². The number of ether oxygens (including phenoxy) is 3. The van der Waals surface area contributed by atoms with Crippen molar-refractivity contribution < 1.29 is 28.6 Å². The van der Waals surface area contributed by atoms with Crippen LogP contribution in [0.1, 0.15) is 26.7 Å². The Balaban J connectivity index is 2.45. The standard InChI is InChI=1S/C16H21NO6/c1-3-21-15(19)9-8-14(18)17-12-6-5-7-13(10-12)23-11-16(20)22-4-2/h5-7,10H,3-4,8-9,11H2,1-2H3,(H,17,18). The minimum Gasteiger partial charge on any atom is -0.482 e. The van der Waals surface area contributed by atoms with E-state index in [4.69, 9.17) is 14.2 Å². The van der Waals surface area contributed by atoms with Crippen LogP contribution in [-0.2, 0) is 23.9 Å². The van der Waals surface area contributed by atoms with Crippen LogP contribution in [0.4, 0.5) is 5.69 Å². The zero-order valence-corrected chi connectivity index (χ0v) is 13.3. The van der Waals surface area contributed by atoms with E-state index >= 15 is 0 Å². The third-order valence-corrected chi connectivity index (χ3v) is 2.64. The van der Waals surface area contributed by atoms with Crippen molar-refractivity contribution in [2.45, 2.75) is 26.7 Å². The molecule has 0 saturated carbocycles. The molecular formula is C16H21NO6. The van der Waals surface area contributed by atoms with Crippen molar-refractivity contribution >= 4 is 23.5 Å². The summed E-state index contributed by atoms with van der Waals surface area (Å²) in [4.78, 5) is 34.2. The Morgan fingerprint density at radius 1 is 1.00 bits per heavy atom. The molecule has 0 aliphatic rings. The Morgan fingerprint density at radius 2 is 1.70 bits per heavy atom. The van der Waals surface area contributed by atoms with Crippen molar-refractivity contribution in [3.63, 3.8) is 0 Å². The third kappa shape index (κ3) is 7.85. The Labute approximate surface area is 134 Å². The molecule has 1 N–H and O–H groups in total. The molecule has 0 aliphatic carbocycles. The lowest BCUT2D eigenvalue weighted by molar-refractivity contribution is -0.145. The van der Waals surface area contributed by atoms with Crippen molar-refractivity contribution in [3.05, 3.63) is 24.3 Å². The number of esters is 2. The normalized spacial score (nSPS) is 9.83. The Kier molecular flexibility index (Phi) is 8.20. The number of hydrogen-bond acceptors (Lipinski definition) is 6. The van der Waals surface area contributed by atoms with Gasteiger partial charge in [0.25, 0.3) is 0 Å². The molecule has 0 spiro atoms. The molecule has 1 rings (SSSR count). The molecule has 0 atom stereocenters. The quantitative estimate of drug-likeness (QED) is 0.698. The Bertz CT molecular complexity index is 543. The summed E-state index contributed by atoms with van der Waals surface area (Å²) in [5.74, 6) is -0.743. The minimum atomic E-state index is -0.462. The van der Waals surface area contributed by atoms with Gasteiger partial charge in [0.15, 0.2) is 6.61 Å². The second kappa shape index (κ2) is 10.2. The van der Waals surface area contributed by atoms with E-state index in [9.17, 15) is 14.4 Å². The fourth-order valence-corrected chi connectivity index (χ4v) is 1.68. The van der Waals surface area contributed by atoms with Crippen molar-refractivity contribution in [3.8, 4) is 5.75 Å². The van der Waals surface area contributed by atoms with Gasteiger partial charge in [-0.3, -0.25) is 9.59 Å². The van der Waals surface area contributed by atoms with Gasteiger partial charge in [0.2, 0.25) is 5.91 Å². The summed E-state index contributed by atoms with van der Waals surface area (Å²) in [6.07, 6.45) is 0.0610. The summed E-state index contributed by atoms with van der Waals surface area (Å²) in [6.45, 7) is 3.80. The topological polar surface area (TPSA) is 90.9 Å². The Hall–Kier alpha value is -2.57. The molecule has 0 fully saturated rings. The largest absolute Gasteiger partial charge is 0.482 e. The fraction of sp³-hybridized carbons (Fsp3) is 0.438. The predicted molar refractivity (Wildman–Crippen MR) is 83.1 cm³/mol. The lowest BCUT2D eigenvalue weighted by Gasteiger charge is -2.09. The molecule has 1 amide bonds. The van der Waals surface area contributed by atoms with E-state index in [2.05, 4.69) is 5.32 Å². The molecule has 7 nitrogen and oxygen atoms in total. The van der Waals surface area contributed by atoms with Crippen LogP contribution >= 0.6 is 0 Å². The monoisotopic (exact) mass is 323 g/mol. The molecule has 0 radical (unpaired) electrons. The van der Waals surface area contributed by atoms with Gasteiger partial charge >= 0.3 is 11.9 Å². The molecule has 0 bridgehead atoms. The summed E-state index contributed by atoms with van der Waals surface area (Å²) < 4.78 is 14.8. The van der Waals surface area contributed by atoms with Crippen LogP contribution in [0.3, 0.4) is 0 Å². The second-order valence-electron chi connectivity index (χ2n) is 4.47. The number of benzene rings is 1. The highest BCUT2D eigenvalue weighted by atomic mass is 16.6. The zero-order chi connectivity index (χ0) is 17.1. The first-order valence-corrected chi connectivity index (χ1v) is 7.39. The maximum absolute atomic E-state index is 11.7. The van der Waals surface area contributed by atoms with Gasteiger partial charge in [0, 0.05) is 18.2 Å². The lowest BCUT2D eigenvalue weighted by atomic mass is 10.2. The minimum absolute atomic E-state index is 0.0265. The van der Waals surface area contributed by atoms with E-state index in [1.54, 1.807) is 38.1 Å². The van der Waals surface area contributed by atoms with Crippen molar-refractivity contribution in [2.24, 2.45) is 0 Å². The highest BCUT2D eigenvalue weighted by molar-refractivity contribution is 5.92. The first-order chi connectivity index (χ1) is 11.0. The van der Waals surface area contributed by atoms with Gasteiger partial charge in [0.1, 0.15) is 5.75 Å². The van der Waals surface area contributed by atoms with E-state index in [1.165, 1.54) is 0 Å². The molecule has 0 saturated heterocycles. The molecule has 0 heterocycles. The SMILES string of the molecule is CCOC(=O)CCC(=O)Nc1cccc(OCC(=O)OCC)c1. The molecular weight excluding hydrogens is 302 g/mol.